The van der Waals surface area contributed by atoms with Crippen LogP contribution in [0.3, 0.4) is 0 Å². The SMILES string of the molecule is O=C(O)CCC(Cc1ccccc1)NC(=O)C1CC1c1c(F)cccc1F. The first-order valence-electron chi connectivity index (χ1n) is 8.95. The molecule has 142 valence electrons. The zero-order valence-electron chi connectivity index (χ0n) is 14.7. The Morgan fingerprint density at radius 1 is 1.07 bits per heavy atom. The summed E-state index contributed by atoms with van der Waals surface area (Å²) in [6, 6.07) is 12.8. The predicted molar refractivity (Wildman–Crippen MR) is 96.2 cm³/mol. The van der Waals surface area contributed by atoms with Crippen LogP contribution >= 0.6 is 0 Å². The molecule has 3 atom stereocenters. The van der Waals surface area contributed by atoms with E-state index in [1.54, 1.807) is 0 Å². The summed E-state index contributed by atoms with van der Waals surface area (Å²) in [6.45, 7) is 0. The van der Waals surface area contributed by atoms with Crippen LogP contribution in [0.15, 0.2) is 48.5 Å². The van der Waals surface area contributed by atoms with E-state index in [-0.39, 0.29) is 23.9 Å². The summed E-state index contributed by atoms with van der Waals surface area (Å²) in [5.74, 6) is -3.44. The molecule has 2 aromatic carbocycles. The van der Waals surface area contributed by atoms with Crippen LogP contribution in [0.2, 0.25) is 0 Å². The maximum atomic E-state index is 13.9. The van der Waals surface area contributed by atoms with Gasteiger partial charge in [0.25, 0.3) is 0 Å². The third-order valence-corrected chi connectivity index (χ3v) is 4.88. The van der Waals surface area contributed by atoms with Crippen molar-refractivity contribution in [3.8, 4) is 0 Å². The molecule has 1 saturated carbocycles. The van der Waals surface area contributed by atoms with Crippen LogP contribution in [0.4, 0.5) is 8.78 Å². The number of hydrogen-bond acceptors (Lipinski definition) is 2. The molecule has 3 unspecified atom stereocenters. The minimum absolute atomic E-state index is 0.0391. The number of carboxylic acid groups (broad SMARTS) is 1. The summed E-state index contributed by atoms with van der Waals surface area (Å²) in [5.41, 5.74) is 0.948. The van der Waals surface area contributed by atoms with Gasteiger partial charge in [-0.2, -0.15) is 0 Å². The smallest absolute Gasteiger partial charge is 0.303 e. The van der Waals surface area contributed by atoms with E-state index in [0.717, 1.165) is 5.56 Å². The highest BCUT2D eigenvalue weighted by molar-refractivity contribution is 5.83. The maximum Gasteiger partial charge on any atom is 0.303 e. The number of rotatable bonds is 8. The highest BCUT2D eigenvalue weighted by Gasteiger charge is 2.46. The number of carbonyl (C=O) groups is 2. The summed E-state index contributed by atoms with van der Waals surface area (Å²) in [6.07, 6.45) is 1.13. The number of nitrogens with one attached hydrogen (secondary N) is 1. The monoisotopic (exact) mass is 373 g/mol. The van der Waals surface area contributed by atoms with Gasteiger partial charge in [0.05, 0.1) is 0 Å². The van der Waals surface area contributed by atoms with Crippen molar-refractivity contribution in [2.24, 2.45) is 5.92 Å². The molecular weight excluding hydrogens is 352 g/mol. The first kappa shape index (κ1) is 19.0. The second-order valence-corrected chi connectivity index (χ2v) is 6.91. The van der Waals surface area contributed by atoms with Crippen molar-refractivity contribution >= 4 is 11.9 Å². The lowest BCUT2D eigenvalue weighted by Gasteiger charge is -2.18. The van der Waals surface area contributed by atoms with Crippen molar-refractivity contribution in [2.75, 3.05) is 0 Å². The van der Waals surface area contributed by atoms with Crippen molar-refractivity contribution in [3.63, 3.8) is 0 Å². The zero-order chi connectivity index (χ0) is 19.4. The fourth-order valence-corrected chi connectivity index (χ4v) is 3.40. The van der Waals surface area contributed by atoms with Crippen LogP contribution in [-0.4, -0.2) is 23.0 Å². The summed E-state index contributed by atoms with van der Waals surface area (Å²) in [7, 11) is 0. The number of aliphatic carboxylic acids is 1. The summed E-state index contributed by atoms with van der Waals surface area (Å²) < 4.78 is 27.8. The van der Waals surface area contributed by atoms with Crippen LogP contribution in [0.5, 0.6) is 0 Å². The molecule has 2 N–H and O–H groups in total. The van der Waals surface area contributed by atoms with Crippen LogP contribution in [0, 0.1) is 17.6 Å². The molecule has 0 aliphatic heterocycles. The Balaban J connectivity index is 1.65. The Bertz CT molecular complexity index is 805. The van der Waals surface area contributed by atoms with Gasteiger partial charge >= 0.3 is 5.97 Å². The van der Waals surface area contributed by atoms with E-state index < -0.39 is 29.4 Å². The molecular formula is C21H21F2NO3. The van der Waals surface area contributed by atoms with Crippen molar-refractivity contribution in [1.82, 2.24) is 5.32 Å². The summed E-state index contributed by atoms with van der Waals surface area (Å²) in [4.78, 5) is 23.5. The number of amides is 1. The Morgan fingerprint density at radius 2 is 1.74 bits per heavy atom. The second kappa shape index (κ2) is 8.29. The summed E-state index contributed by atoms with van der Waals surface area (Å²) in [5, 5.41) is 11.8. The minimum atomic E-state index is -0.931. The molecule has 0 aromatic heterocycles. The van der Waals surface area contributed by atoms with Gasteiger partial charge < -0.3 is 10.4 Å². The van der Waals surface area contributed by atoms with E-state index in [1.165, 1.54) is 18.2 Å². The van der Waals surface area contributed by atoms with Crippen LogP contribution in [0.25, 0.3) is 0 Å². The molecule has 2 aromatic rings. The average molecular weight is 373 g/mol. The third kappa shape index (κ3) is 4.90. The van der Waals surface area contributed by atoms with Gasteiger partial charge in [-0.1, -0.05) is 36.4 Å². The van der Waals surface area contributed by atoms with E-state index >= 15 is 0 Å². The van der Waals surface area contributed by atoms with E-state index in [9.17, 15) is 18.4 Å². The van der Waals surface area contributed by atoms with Gasteiger partial charge in [-0.25, -0.2) is 8.78 Å². The van der Waals surface area contributed by atoms with Crippen molar-refractivity contribution in [3.05, 3.63) is 71.3 Å². The molecule has 1 amide bonds. The van der Waals surface area contributed by atoms with Crippen molar-refractivity contribution in [1.29, 1.82) is 0 Å². The van der Waals surface area contributed by atoms with Crippen LogP contribution in [-0.2, 0) is 16.0 Å². The Hall–Kier alpha value is -2.76. The molecule has 0 bridgehead atoms. The fraction of sp³-hybridized carbons (Fsp3) is 0.333. The number of halogens is 2. The van der Waals surface area contributed by atoms with E-state index in [2.05, 4.69) is 5.32 Å². The van der Waals surface area contributed by atoms with Gasteiger partial charge in [-0.15, -0.1) is 0 Å². The first-order valence-corrected chi connectivity index (χ1v) is 8.95. The quantitative estimate of drug-likeness (QED) is 0.742. The molecule has 0 heterocycles. The molecule has 1 fully saturated rings. The topological polar surface area (TPSA) is 66.4 Å². The van der Waals surface area contributed by atoms with Crippen LogP contribution < -0.4 is 5.32 Å². The lowest BCUT2D eigenvalue weighted by molar-refractivity contribution is -0.137. The Labute approximate surface area is 156 Å². The molecule has 0 saturated heterocycles. The average Bonchev–Trinajstić information content (AvgIpc) is 3.41. The molecule has 0 spiro atoms. The van der Waals surface area contributed by atoms with Crippen molar-refractivity contribution < 1.29 is 23.5 Å². The molecule has 27 heavy (non-hydrogen) atoms. The predicted octanol–water partition coefficient (Wildman–Crippen LogP) is 3.66. The summed E-state index contributed by atoms with van der Waals surface area (Å²) >= 11 is 0. The number of benzene rings is 2. The normalized spacial score (nSPS) is 19.3. The van der Waals surface area contributed by atoms with E-state index in [1.807, 2.05) is 30.3 Å². The number of carboxylic acids is 1. The Kier molecular flexibility index (Phi) is 5.84. The van der Waals surface area contributed by atoms with E-state index in [4.69, 9.17) is 5.11 Å². The highest BCUT2D eigenvalue weighted by atomic mass is 19.1. The molecule has 0 radical (unpaired) electrons. The lowest BCUT2D eigenvalue weighted by atomic mass is 10.0. The molecule has 6 heteroatoms. The van der Waals surface area contributed by atoms with Gasteiger partial charge in [-0.05, 0) is 37.0 Å². The van der Waals surface area contributed by atoms with E-state index in [0.29, 0.717) is 19.3 Å². The largest absolute Gasteiger partial charge is 0.481 e. The molecule has 4 nitrogen and oxygen atoms in total. The molecule has 1 aliphatic rings. The minimum Gasteiger partial charge on any atom is -0.481 e. The molecule has 1 aliphatic carbocycles. The van der Waals surface area contributed by atoms with Gasteiger partial charge in [0.1, 0.15) is 11.6 Å². The maximum absolute atomic E-state index is 13.9. The Morgan fingerprint density at radius 3 is 2.37 bits per heavy atom. The second-order valence-electron chi connectivity index (χ2n) is 6.91. The molecule has 3 rings (SSSR count). The van der Waals surface area contributed by atoms with Gasteiger partial charge in [0.15, 0.2) is 0 Å². The van der Waals surface area contributed by atoms with Gasteiger partial charge in [-0.3, -0.25) is 9.59 Å². The number of carbonyl (C=O) groups excluding carboxylic acids is 1. The number of hydrogen-bond donors (Lipinski definition) is 2. The standard InChI is InChI=1S/C21H21F2NO3/c22-17-7-4-8-18(23)20(17)15-12-16(15)21(27)24-14(9-10-19(25)26)11-13-5-2-1-3-6-13/h1-8,14-16H,9-12H2,(H,24,27)(H,25,26). The van der Waals surface area contributed by atoms with Gasteiger partial charge in [0.2, 0.25) is 5.91 Å². The van der Waals surface area contributed by atoms with Crippen LogP contribution in [0.1, 0.15) is 36.3 Å². The highest BCUT2D eigenvalue weighted by Crippen LogP contribution is 2.49. The van der Waals surface area contributed by atoms with Crippen molar-refractivity contribution in [2.45, 2.75) is 37.6 Å². The van der Waals surface area contributed by atoms with Gasteiger partial charge in [0, 0.05) is 29.9 Å². The third-order valence-electron chi connectivity index (χ3n) is 4.88. The fourth-order valence-electron chi connectivity index (χ4n) is 3.40. The zero-order valence-corrected chi connectivity index (χ0v) is 14.7. The first-order chi connectivity index (χ1) is 13.0. The lowest BCUT2D eigenvalue weighted by Crippen LogP contribution is -2.38.